The fourth-order valence-electron chi connectivity index (χ4n) is 4.05. The number of amides is 2. The van der Waals surface area contributed by atoms with E-state index in [2.05, 4.69) is 21.2 Å². The second-order valence-electron chi connectivity index (χ2n) is 8.46. The minimum absolute atomic E-state index is 0.0222. The van der Waals surface area contributed by atoms with Crippen molar-refractivity contribution < 1.29 is 23.9 Å². The number of carbonyl (C=O) groups is 4. The van der Waals surface area contributed by atoms with Gasteiger partial charge in [-0.25, -0.2) is 0 Å². The number of Topliss-reactive ketones (excluding diaryl/α,β-unsaturated/α-hetero) is 1. The zero-order chi connectivity index (χ0) is 25.7. The van der Waals surface area contributed by atoms with Crippen LogP contribution in [0, 0.1) is 5.92 Å². The number of hydrogen-bond donors (Lipinski definition) is 1. The van der Waals surface area contributed by atoms with E-state index in [1.54, 1.807) is 48.5 Å². The monoisotopic (exact) mass is 548 g/mol. The molecule has 184 valence electrons. The molecule has 0 unspecified atom stereocenters. The third-order valence-electron chi connectivity index (χ3n) is 6.04. The predicted molar refractivity (Wildman–Crippen MR) is 140 cm³/mol. The molecule has 8 heteroatoms. The molecule has 0 radical (unpaired) electrons. The molecule has 1 aliphatic heterocycles. The summed E-state index contributed by atoms with van der Waals surface area (Å²) >= 11 is 3.31. The lowest BCUT2D eigenvalue weighted by atomic mass is 10.1. The Morgan fingerprint density at radius 2 is 1.75 bits per heavy atom. The number of carbonyl (C=O) groups excluding carboxylic acids is 4. The summed E-state index contributed by atoms with van der Waals surface area (Å²) in [7, 11) is 0. The van der Waals surface area contributed by atoms with Gasteiger partial charge in [-0.15, -0.1) is 0 Å². The fraction of sp³-hybridized carbons (Fsp3) is 0.214. The lowest BCUT2D eigenvalue weighted by Crippen LogP contribution is -2.27. The van der Waals surface area contributed by atoms with Crippen LogP contribution in [-0.4, -0.2) is 36.7 Å². The predicted octanol–water partition coefficient (Wildman–Crippen LogP) is 5.04. The number of nitrogens with one attached hydrogen (secondary N) is 1. The number of para-hydroxylation sites is 1. The molecule has 3 aromatic rings. The van der Waals surface area contributed by atoms with Gasteiger partial charge >= 0.3 is 5.97 Å². The number of ether oxygens (including phenoxy) is 1. The van der Waals surface area contributed by atoms with E-state index in [1.807, 2.05) is 31.2 Å². The molecule has 0 aromatic heterocycles. The van der Waals surface area contributed by atoms with Gasteiger partial charge in [0.05, 0.1) is 5.92 Å². The Morgan fingerprint density at radius 1 is 1.00 bits per heavy atom. The largest absolute Gasteiger partial charge is 0.457 e. The molecule has 1 aliphatic rings. The van der Waals surface area contributed by atoms with E-state index in [4.69, 9.17) is 4.74 Å². The minimum Gasteiger partial charge on any atom is -0.457 e. The Hall–Kier alpha value is -3.78. The van der Waals surface area contributed by atoms with Gasteiger partial charge in [0.2, 0.25) is 5.91 Å². The molecule has 0 aliphatic carbocycles. The van der Waals surface area contributed by atoms with Crippen molar-refractivity contribution in [2.75, 3.05) is 23.4 Å². The van der Waals surface area contributed by atoms with E-state index >= 15 is 0 Å². The minimum atomic E-state index is -0.691. The fourth-order valence-corrected chi connectivity index (χ4v) is 4.31. The van der Waals surface area contributed by atoms with Crippen LogP contribution in [0.4, 0.5) is 11.4 Å². The average Bonchev–Trinajstić information content (AvgIpc) is 3.29. The number of nitrogens with zero attached hydrogens (tertiary/aromatic N) is 1. The van der Waals surface area contributed by atoms with E-state index in [0.717, 1.165) is 22.1 Å². The number of ketones is 1. The molecule has 1 saturated heterocycles. The zero-order valence-electron chi connectivity index (χ0n) is 19.7. The van der Waals surface area contributed by atoms with Crippen LogP contribution in [0.3, 0.4) is 0 Å². The molecular formula is C28H25BrN2O5. The zero-order valence-corrected chi connectivity index (χ0v) is 21.3. The maximum Gasteiger partial charge on any atom is 0.311 e. The third-order valence-corrected chi connectivity index (χ3v) is 6.57. The first-order valence-electron chi connectivity index (χ1n) is 11.6. The summed E-state index contributed by atoms with van der Waals surface area (Å²) < 4.78 is 6.05. The van der Waals surface area contributed by atoms with Gasteiger partial charge in [0.1, 0.15) is 0 Å². The molecule has 0 saturated carbocycles. The first kappa shape index (κ1) is 25.3. The van der Waals surface area contributed by atoms with Crippen LogP contribution < -0.4 is 10.2 Å². The van der Waals surface area contributed by atoms with E-state index < -0.39 is 11.9 Å². The Morgan fingerprint density at radius 3 is 2.50 bits per heavy atom. The van der Waals surface area contributed by atoms with Crippen molar-refractivity contribution >= 4 is 50.9 Å². The third kappa shape index (κ3) is 5.88. The summed E-state index contributed by atoms with van der Waals surface area (Å²) in [5, 5.41) is 2.93. The van der Waals surface area contributed by atoms with Gasteiger partial charge in [0.25, 0.3) is 5.91 Å². The highest BCUT2D eigenvalue weighted by molar-refractivity contribution is 9.10. The first-order chi connectivity index (χ1) is 17.4. The van der Waals surface area contributed by atoms with Gasteiger partial charge in [-0.05, 0) is 48.4 Å². The Kier molecular flexibility index (Phi) is 7.95. The summed E-state index contributed by atoms with van der Waals surface area (Å²) in [5.41, 5.74) is 3.13. The van der Waals surface area contributed by atoms with Gasteiger partial charge < -0.3 is 15.0 Å². The van der Waals surface area contributed by atoms with Crippen molar-refractivity contribution in [1.29, 1.82) is 0 Å². The number of esters is 1. The van der Waals surface area contributed by atoms with Gasteiger partial charge in [-0.1, -0.05) is 59.3 Å². The number of anilines is 2. The topological polar surface area (TPSA) is 92.8 Å². The second kappa shape index (κ2) is 11.3. The molecule has 4 rings (SSSR count). The van der Waals surface area contributed by atoms with Gasteiger partial charge in [0.15, 0.2) is 12.4 Å². The molecule has 1 heterocycles. The Labute approximate surface area is 217 Å². The smallest absolute Gasteiger partial charge is 0.311 e. The molecule has 3 aromatic carbocycles. The van der Waals surface area contributed by atoms with Crippen molar-refractivity contribution in [3.8, 4) is 0 Å². The van der Waals surface area contributed by atoms with Gasteiger partial charge in [-0.3, -0.25) is 19.2 Å². The summed E-state index contributed by atoms with van der Waals surface area (Å²) in [4.78, 5) is 51.9. The van der Waals surface area contributed by atoms with Crippen molar-refractivity contribution in [2.24, 2.45) is 5.92 Å². The molecule has 36 heavy (non-hydrogen) atoms. The van der Waals surface area contributed by atoms with E-state index in [1.165, 1.54) is 4.90 Å². The highest BCUT2D eigenvalue weighted by Gasteiger charge is 2.36. The normalized spacial score (nSPS) is 15.0. The molecule has 7 nitrogen and oxygen atoms in total. The van der Waals surface area contributed by atoms with Crippen LogP contribution in [0.2, 0.25) is 0 Å². The first-order valence-corrected chi connectivity index (χ1v) is 12.4. The molecular weight excluding hydrogens is 524 g/mol. The molecule has 1 N–H and O–H groups in total. The maximum atomic E-state index is 12.9. The summed E-state index contributed by atoms with van der Waals surface area (Å²) in [6.45, 7) is 1.75. The van der Waals surface area contributed by atoms with Crippen LogP contribution in [0.1, 0.15) is 39.6 Å². The van der Waals surface area contributed by atoms with Crippen LogP contribution in [0.15, 0.2) is 77.3 Å². The summed E-state index contributed by atoms with van der Waals surface area (Å²) in [6.07, 6.45) is 0.761. The Balaban J connectivity index is 1.38. The summed E-state index contributed by atoms with van der Waals surface area (Å²) in [5.74, 6) is -2.14. The molecule has 0 spiro atoms. The number of benzene rings is 3. The van der Waals surface area contributed by atoms with E-state index in [0.29, 0.717) is 16.8 Å². The van der Waals surface area contributed by atoms with Crippen molar-refractivity contribution in [1.82, 2.24) is 0 Å². The number of hydrogen-bond acceptors (Lipinski definition) is 5. The van der Waals surface area contributed by atoms with Gasteiger partial charge in [0, 0.05) is 39.9 Å². The molecule has 1 fully saturated rings. The lowest BCUT2D eigenvalue weighted by molar-refractivity contribution is -0.147. The molecule has 2 amide bonds. The van der Waals surface area contributed by atoms with Crippen molar-refractivity contribution in [2.45, 2.75) is 19.8 Å². The highest BCUT2D eigenvalue weighted by Crippen LogP contribution is 2.27. The quantitative estimate of drug-likeness (QED) is 0.314. The van der Waals surface area contributed by atoms with Gasteiger partial charge in [-0.2, -0.15) is 0 Å². The van der Waals surface area contributed by atoms with Crippen LogP contribution >= 0.6 is 15.9 Å². The summed E-state index contributed by atoms with van der Waals surface area (Å²) in [6, 6.07) is 21.1. The van der Waals surface area contributed by atoms with Crippen molar-refractivity contribution in [3.63, 3.8) is 0 Å². The number of aryl methyl sites for hydroxylation is 1. The van der Waals surface area contributed by atoms with Crippen molar-refractivity contribution in [3.05, 3.63) is 94.0 Å². The SMILES string of the molecule is CCc1ccccc1NC(=O)c1cccc(N2C[C@H](C(=O)OCC(=O)c3ccc(Br)cc3)CC2=O)c1. The average molecular weight is 549 g/mol. The Bertz CT molecular complexity index is 1310. The number of rotatable bonds is 8. The van der Waals surface area contributed by atoms with Crippen LogP contribution in [0.25, 0.3) is 0 Å². The molecule has 0 bridgehead atoms. The van der Waals surface area contributed by atoms with Crippen LogP contribution in [-0.2, 0) is 20.7 Å². The number of halogens is 1. The lowest BCUT2D eigenvalue weighted by Gasteiger charge is -2.17. The second-order valence-corrected chi connectivity index (χ2v) is 9.37. The van der Waals surface area contributed by atoms with E-state index in [9.17, 15) is 19.2 Å². The maximum absolute atomic E-state index is 12.9. The standard InChI is InChI=1S/C28H25BrN2O5/c1-2-18-6-3-4-9-24(18)30-27(34)20-7-5-8-23(14-20)31-16-21(15-26(31)33)28(35)36-17-25(32)19-10-12-22(29)13-11-19/h3-14,21H,2,15-17H2,1H3,(H,30,34)/t21-/m1/s1. The molecule has 1 atom stereocenters. The highest BCUT2D eigenvalue weighted by atomic mass is 79.9. The van der Waals surface area contributed by atoms with E-state index in [-0.39, 0.29) is 37.2 Å². The van der Waals surface area contributed by atoms with Crippen LogP contribution in [0.5, 0.6) is 0 Å².